The maximum atomic E-state index is 12.9. The van der Waals surface area contributed by atoms with Crippen LogP contribution in [0.5, 0.6) is 0 Å². The first-order valence-electron chi connectivity index (χ1n) is 8.11. The van der Waals surface area contributed by atoms with Gasteiger partial charge in [0.2, 0.25) is 5.91 Å². The number of carbonyl (C=O) groups excluding carboxylic acids is 1. The van der Waals surface area contributed by atoms with Crippen molar-refractivity contribution in [2.24, 2.45) is 0 Å². The molecule has 1 aromatic carbocycles. The molecule has 1 atom stereocenters. The van der Waals surface area contributed by atoms with Gasteiger partial charge in [-0.1, -0.05) is 47.4 Å². The third-order valence-corrected chi connectivity index (χ3v) is 6.41. The number of nitrogens with zero attached hydrogens (tertiary/aromatic N) is 3. The van der Waals surface area contributed by atoms with Crippen LogP contribution in [-0.2, 0) is 11.2 Å². The third-order valence-electron chi connectivity index (χ3n) is 4.56. The predicted molar refractivity (Wildman–Crippen MR) is 92.6 cm³/mol. The lowest BCUT2D eigenvalue weighted by Gasteiger charge is -2.36. The minimum atomic E-state index is 0.245. The molecule has 4 rings (SSSR count). The zero-order valence-corrected chi connectivity index (χ0v) is 14.5. The first kappa shape index (κ1) is 15.1. The maximum absolute atomic E-state index is 12.9. The molecule has 1 amide bonds. The molecule has 0 aliphatic heterocycles. The van der Waals surface area contributed by atoms with E-state index in [0.717, 1.165) is 30.0 Å². The van der Waals surface area contributed by atoms with Gasteiger partial charge in [0, 0.05) is 6.04 Å². The Balaban J connectivity index is 1.53. The van der Waals surface area contributed by atoms with Crippen LogP contribution in [0.25, 0.3) is 0 Å². The van der Waals surface area contributed by atoms with E-state index >= 15 is 0 Å². The minimum Gasteiger partial charge on any atom is -0.332 e. The molecule has 1 fully saturated rings. The second-order valence-electron chi connectivity index (χ2n) is 6.13. The summed E-state index contributed by atoms with van der Waals surface area (Å²) in [6, 6.07) is 9.33. The van der Waals surface area contributed by atoms with Crippen LogP contribution in [0, 0.1) is 0 Å². The highest BCUT2D eigenvalue weighted by Crippen LogP contribution is 2.41. The van der Waals surface area contributed by atoms with Crippen molar-refractivity contribution in [3.63, 3.8) is 0 Å². The first-order chi connectivity index (χ1) is 11.3. The number of aromatic nitrogens is 2. The number of hydrogen-bond donors (Lipinski definition) is 0. The molecule has 1 saturated carbocycles. The smallest absolute Gasteiger partial charge is 0.233 e. The monoisotopic (exact) mass is 345 g/mol. The van der Waals surface area contributed by atoms with Crippen LogP contribution in [0.3, 0.4) is 0 Å². The van der Waals surface area contributed by atoms with Gasteiger partial charge in [0.05, 0.1) is 11.8 Å². The van der Waals surface area contributed by atoms with Crippen LogP contribution in [0.2, 0.25) is 0 Å². The van der Waals surface area contributed by atoms with Crippen molar-refractivity contribution in [2.45, 2.75) is 48.5 Å². The van der Waals surface area contributed by atoms with Crippen molar-refractivity contribution in [1.29, 1.82) is 0 Å². The van der Waals surface area contributed by atoms with E-state index < -0.39 is 0 Å². The number of thioether (sulfide) groups is 1. The molecule has 1 aromatic heterocycles. The van der Waals surface area contributed by atoms with Crippen LogP contribution in [0.1, 0.15) is 42.9 Å². The van der Waals surface area contributed by atoms with Gasteiger partial charge in [0.15, 0.2) is 4.34 Å². The van der Waals surface area contributed by atoms with Crippen molar-refractivity contribution < 1.29 is 4.79 Å². The summed E-state index contributed by atoms with van der Waals surface area (Å²) in [5.74, 6) is 0.707. The molecule has 23 heavy (non-hydrogen) atoms. The van der Waals surface area contributed by atoms with Crippen LogP contribution in [-0.4, -0.2) is 32.8 Å². The second kappa shape index (κ2) is 6.61. The quantitative estimate of drug-likeness (QED) is 0.775. The van der Waals surface area contributed by atoms with Crippen molar-refractivity contribution in [2.75, 3.05) is 5.75 Å². The molecule has 0 unspecified atom stereocenters. The maximum Gasteiger partial charge on any atom is 0.233 e. The van der Waals surface area contributed by atoms with Crippen LogP contribution < -0.4 is 0 Å². The highest BCUT2D eigenvalue weighted by molar-refractivity contribution is 8.01. The van der Waals surface area contributed by atoms with Gasteiger partial charge in [-0.3, -0.25) is 4.79 Å². The Morgan fingerprint density at radius 3 is 2.96 bits per heavy atom. The molecule has 2 aliphatic rings. The van der Waals surface area contributed by atoms with Gasteiger partial charge < -0.3 is 4.90 Å². The highest BCUT2D eigenvalue weighted by atomic mass is 32.2. The summed E-state index contributed by atoms with van der Waals surface area (Å²) in [5, 5.41) is 7.85. The van der Waals surface area contributed by atoms with Crippen LogP contribution in [0.15, 0.2) is 34.1 Å². The number of amides is 1. The molecule has 0 N–H and O–H groups in total. The lowest BCUT2D eigenvalue weighted by molar-refractivity contribution is -0.131. The molecule has 0 spiro atoms. The number of benzene rings is 1. The summed E-state index contributed by atoms with van der Waals surface area (Å²) in [7, 11) is 0. The van der Waals surface area contributed by atoms with E-state index in [1.165, 1.54) is 40.6 Å². The zero-order chi connectivity index (χ0) is 15.6. The van der Waals surface area contributed by atoms with Crippen molar-refractivity contribution in [3.8, 4) is 0 Å². The number of rotatable bonds is 5. The summed E-state index contributed by atoms with van der Waals surface area (Å²) in [4.78, 5) is 15.1. The molecule has 2 aromatic rings. The van der Waals surface area contributed by atoms with Gasteiger partial charge in [0.1, 0.15) is 5.51 Å². The van der Waals surface area contributed by atoms with E-state index in [1.807, 2.05) is 0 Å². The molecule has 4 nitrogen and oxygen atoms in total. The molecule has 120 valence electrons. The van der Waals surface area contributed by atoms with Gasteiger partial charge in [-0.15, -0.1) is 10.2 Å². The minimum absolute atomic E-state index is 0.245. The average molecular weight is 345 g/mol. The Morgan fingerprint density at radius 2 is 2.17 bits per heavy atom. The highest BCUT2D eigenvalue weighted by Gasteiger charge is 2.39. The SMILES string of the molecule is O=C(CSc1nncs1)N(C1CC1)[C@@H]1CCCc2ccccc21. The predicted octanol–water partition coefficient (Wildman–Crippen LogP) is 3.70. The lowest BCUT2D eigenvalue weighted by atomic mass is 9.86. The van der Waals surface area contributed by atoms with Crippen molar-refractivity contribution >= 4 is 29.0 Å². The first-order valence-corrected chi connectivity index (χ1v) is 9.97. The molecule has 6 heteroatoms. The number of aryl methyl sites for hydroxylation is 1. The fourth-order valence-corrected chi connectivity index (χ4v) is 4.78. The Kier molecular flexibility index (Phi) is 4.35. The number of carbonyl (C=O) groups is 1. The number of hydrogen-bond acceptors (Lipinski definition) is 5. The summed E-state index contributed by atoms with van der Waals surface area (Å²) >= 11 is 3.00. The van der Waals surface area contributed by atoms with Crippen molar-refractivity contribution in [3.05, 3.63) is 40.9 Å². The normalized spacial score (nSPS) is 20.1. The fraction of sp³-hybridized carbons (Fsp3) is 0.471. The standard InChI is InChI=1S/C17H19N3OS2/c21-16(10-22-17-19-18-11-23-17)20(13-8-9-13)15-7-3-5-12-4-1-2-6-14(12)15/h1-2,4,6,11,13,15H,3,5,7-10H2/t15-/m1/s1. The lowest BCUT2D eigenvalue weighted by Crippen LogP contribution is -2.39. The Bertz CT molecular complexity index is 685. The van der Waals surface area contributed by atoms with Gasteiger partial charge in [-0.25, -0.2) is 0 Å². The Labute approximate surface area is 144 Å². The van der Waals surface area contributed by atoms with E-state index in [9.17, 15) is 4.79 Å². The summed E-state index contributed by atoms with van der Waals surface area (Å²) < 4.78 is 0.873. The summed E-state index contributed by atoms with van der Waals surface area (Å²) in [6.07, 6.45) is 5.69. The second-order valence-corrected chi connectivity index (χ2v) is 8.19. The molecule has 0 radical (unpaired) electrons. The zero-order valence-electron chi connectivity index (χ0n) is 12.9. The average Bonchev–Trinajstić information content (AvgIpc) is 3.27. The topological polar surface area (TPSA) is 46.1 Å². The van der Waals surface area contributed by atoms with Gasteiger partial charge in [-0.2, -0.15) is 0 Å². The van der Waals surface area contributed by atoms with Gasteiger partial charge in [-0.05, 0) is 43.2 Å². The molecule has 0 saturated heterocycles. The third kappa shape index (κ3) is 3.28. The van der Waals surface area contributed by atoms with Crippen LogP contribution >= 0.6 is 23.1 Å². The Hall–Kier alpha value is -1.40. The van der Waals surface area contributed by atoms with E-state index in [4.69, 9.17) is 0 Å². The molecule has 0 bridgehead atoms. The summed E-state index contributed by atoms with van der Waals surface area (Å²) in [5.41, 5.74) is 4.49. The molecular weight excluding hydrogens is 326 g/mol. The molecule has 1 heterocycles. The van der Waals surface area contributed by atoms with Crippen LogP contribution in [0.4, 0.5) is 0 Å². The van der Waals surface area contributed by atoms with E-state index in [0.29, 0.717) is 11.8 Å². The van der Waals surface area contributed by atoms with E-state index in [1.54, 1.807) is 5.51 Å². The van der Waals surface area contributed by atoms with Gasteiger partial charge in [0.25, 0.3) is 0 Å². The van der Waals surface area contributed by atoms with E-state index in [2.05, 4.69) is 39.4 Å². The largest absolute Gasteiger partial charge is 0.332 e. The van der Waals surface area contributed by atoms with Gasteiger partial charge >= 0.3 is 0 Å². The molecular formula is C17H19N3OS2. The fourth-order valence-electron chi connectivity index (χ4n) is 3.43. The van der Waals surface area contributed by atoms with Crippen molar-refractivity contribution in [1.82, 2.24) is 15.1 Å². The van der Waals surface area contributed by atoms with E-state index in [-0.39, 0.29) is 11.9 Å². The summed E-state index contributed by atoms with van der Waals surface area (Å²) in [6.45, 7) is 0. The molecule has 2 aliphatic carbocycles. The Morgan fingerprint density at radius 1 is 1.30 bits per heavy atom. The number of fused-ring (bicyclic) bond motifs is 1.